The average Bonchev–Trinajstić information content (AvgIpc) is 2.80. The van der Waals surface area contributed by atoms with Gasteiger partial charge in [-0.2, -0.15) is 0 Å². The third-order valence-electron chi connectivity index (χ3n) is 2.78. The molecule has 0 aliphatic carbocycles. The Kier molecular flexibility index (Phi) is 3.67. The van der Waals surface area contributed by atoms with Crippen LogP contribution < -0.4 is 5.73 Å². The molecule has 1 aromatic heterocycles. The number of carbonyl (C=O) groups excluding carboxylic acids is 1. The number of benzene rings is 1. The molecule has 2 rings (SSSR count). The summed E-state index contributed by atoms with van der Waals surface area (Å²) in [6.07, 6.45) is 1.01. The van der Waals surface area contributed by atoms with Crippen LogP contribution in [0.1, 0.15) is 22.2 Å². The second-order valence-corrected chi connectivity index (χ2v) is 4.99. The second kappa shape index (κ2) is 5.23. The summed E-state index contributed by atoms with van der Waals surface area (Å²) in [6, 6.07) is 10.1. The first-order chi connectivity index (χ1) is 8.65. The summed E-state index contributed by atoms with van der Waals surface area (Å²) in [6.45, 7) is 2.12. The van der Waals surface area contributed by atoms with Crippen molar-refractivity contribution in [2.45, 2.75) is 13.3 Å². The van der Waals surface area contributed by atoms with Crippen molar-refractivity contribution in [2.75, 3.05) is 12.8 Å². The van der Waals surface area contributed by atoms with Gasteiger partial charge in [0.25, 0.3) is 0 Å². The van der Waals surface area contributed by atoms with Gasteiger partial charge in [-0.05, 0) is 23.6 Å². The van der Waals surface area contributed by atoms with Crippen LogP contribution in [0.25, 0.3) is 10.4 Å². The quantitative estimate of drug-likeness (QED) is 0.862. The highest BCUT2D eigenvalue weighted by Gasteiger charge is 2.15. The lowest BCUT2D eigenvalue weighted by atomic mass is 10.1. The lowest BCUT2D eigenvalue weighted by Gasteiger charge is -1.99. The summed E-state index contributed by atoms with van der Waals surface area (Å²) < 4.78 is 4.69. The molecule has 0 atom stereocenters. The first-order valence-corrected chi connectivity index (χ1v) is 6.54. The minimum Gasteiger partial charge on any atom is -0.465 e. The van der Waals surface area contributed by atoms with Crippen LogP contribution in [0, 0.1) is 0 Å². The molecule has 1 heterocycles. The maximum atomic E-state index is 11.5. The van der Waals surface area contributed by atoms with Crippen molar-refractivity contribution in [3.63, 3.8) is 0 Å². The van der Waals surface area contributed by atoms with Gasteiger partial charge in [-0.3, -0.25) is 0 Å². The van der Waals surface area contributed by atoms with Gasteiger partial charge in [-0.25, -0.2) is 4.79 Å². The van der Waals surface area contributed by atoms with Crippen LogP contribution in [0.5, 0.6) is 0 Å². The lowest BCUT2D eigenvalue weighted by molar-refractivity contribution is 0.0607. The van der Waals surface area contributed by atoms with Crippen molar-refractivity contribution in [2.24, 2.45) is 0 Å². The van der Waals surface area contributed by atoms with E-state index < -0.39 is 0 Å². The van der Waals surface area contributed by atoms with Gasteiger partial charge in [0.2, 0.25) is 0 Å². The minimum atomic E-state index is -0.381. The number of hydrogen-bond acceptors (Lipinski definition) is 4. The molecule has 0 amide bonds. The molecular weight excluding hydrogens is 246 g/mol. The van der Waals surface area contributed by atoms with Gasteiger partial charge in [0, 0.05) is 4.88 Å². The predicted molar refractivity (Wildman–Crippen MR) is 74.9 cm³/mol. The fourth-order valence-corrected chi connectivity index (χ4v) is 2.71. The number of thiophene rings is 1. The maximum Gasteiger partial charge on any atom is 0.350 e. The first-order valence-electron chi connectivity index (χ1n) is 5.72. The van der Waals surface area contributed by atoms with E-state index in [1.165, 1.54) is 24.0 Å². The summed E-state index contributed by atoms with van der Waals surface area (Å²) in [4.78, 5) is 12.9. The van der Waals surface area contributed by atoms with E-state index in [0.29, 0.717) is 10.6 Å². The van der Waals surface area contributed by atoms with Gasteiger partial charge < -0.3 is 10.5 Å². The van der Waals surface area contributed by atoms with Crippen LogP contribution in [-0.4, -0.2) is 13.1 Å². The monoisotopic (exact) mass is 261 g/mol. The Morgan fingerprint density at radius 3 is 2.56 bits per heavy atom. The fourth-order valence-electron chi connectivity index (χ4n) is 1.70. The highest BCUT2D eigenvalue weighted by atomic mass is 32.1. The Morgan fingerprint density at radius 1 is 1.33 bits per heavy atom. The summed E-state index contributed by atoms with van der Waals surface area (Å²) in [7, 11) is 1.36. The molecule has 0 bridgehead atoms. The molecule has 0 aliphatic rings. The topological polar surface area (TPSA) is 52.3 Å². The number of ether oxygens (including phenoxy) is 1. The predicted octanol–water partition coefficient (Wildman–Crippen LogP) is 3.35. The normalized spacial score (nSPS) is 10.3. The molecule has 18 heavy (non-hydrogen) atoms. The number of aryl methyl sites for hydroxylation is 1. The largest absolute Gasteiger partial charge is 0.465 e. The number of methoxy groups -OCH3 is 1. The number of esters is 1. The van der Waals surface area contributed by atoms with Crippen molar-refractivity contribution < 1.29 is 9.53 Å². The molecule has 2 aromatic rings. The smallest absolute Gasteiger partial charge is 0.350 e. The maximum absolute atomic E-state index is 11.5. The van der Waals surface area contributed by atoms with Crippen LogP contribution in [0.3, 0.4) is 0 Å². The van der Waals surface area contributed by atoms with E-state index in [1.807, 2.05) is 18.2 Å². The van der Waals surface area contributed by atoms with E-state index in [4.69, 9.17) is 10.5 Å². The highest BCUT2D eigenvalue weighted by molar-refractivity contribution is 7.18. The summed E-state index contributed by atoms with van der Waals surface area (Å²) in [5.74, 6) is -0.381. The number of rotatable bonds is 3. The molecule has 0 saturated heterocycles. The summed E-state index contributed by atoms with van der Waals surface area (Å²) >= 11 is 1.36. The Labute approximate surface area is 110 Å². The Bertz CT molecular complexity index is 558. The van der Waals surface area contributed by atoms with Gasteiger partial charge in [-0.1, -0.05) is 31.2 Å². The number of hydrogen-bond donors (Lipinski definition) is 1. The molecule has 94 valence electrons. The van der Waals surface area contributed by atoms with Crippen LogP contribution in [-0.2, 0) is 11.2 Å². The van der Waals surface area contributed by atoms with Gasteiger partial charge in [0.15, 0.2) is 0 Å². The van der Waals surface area contributed by atoms with E-state index in [1.54, 1.807) is 0 Å². The van der Waals surface area contributed by atoms with E-state index in [-0.39, 0.29) is 5.97 Å². The number of anilines is 1. The van der Waals surface area contributed by atoms with E-state index in [9.17, 15) is 4.79 Å². The zero-order chi connectivity index (χ0) is 13.1. The molecule has 4 heteroatoms. The molecule has 0 spiro atoms. The molecule has 1 aromatic carbocycles. The molecular formula is C14H15NO2S. The standard InChI is InChI=1S/C14H15NO2S/c1-3-9-4-6-10(7-5-9)12-8-11(15)13(18-12)14(16)17-2/h4-8H,3,15H2,1-2H3. The van der Waals surface area contributed by atoms with Crippen molar-refractivity contribution >= 4 is 23.0 Å². The SMILES string of the molecule is CCc1ccc(-c2cc(N)c(C(=O)OC)s2)cc1. The van der Waals surface area contributed by atoms with Gasteiger partial charge in [0.1, 0.15) is 4.88 Å². The van der Waals surface area contributed by atoms with Crippen LogP contribution >= 0.6 is 11.3 Å². The molecule has 0 aliphatic heterocycles. The van der Waals surface area contributed by atoms with Gasteiger partial charge >= 0.3 is 5.97 Å². The van der Waals surface area contributed by atoms with Gasteiger partial charge in [0.05, 0.1) is 12.8 Å². The molecule has 2 N–H and O–H groups in total. The van der Waals surface area contributed by atoms with E-state index >= 15 is 0 Å². The van der Waals surface area contributed by atoms with Crippen LogP contribution in [0.4, 0.5) is 5.69 Å². The zero-order valence-corrected chi connectivity index (χ0v) is 11.2. The van der Waals surface area contributed by atoms with E-state index in [0.717, 1.165) is 16.9 Å². The Balaban J connectivity index is 2.36. The van der Waals surface area contributed by atoms with Crippen molar-refractivity contribution in [3.8, 4) is 10.4 Å². The van der Waals surface area contributed by atoms with Crippen LogP contribution in [0.2, 0.25) is 0 Å². The van der Waals surface area contributed by atoms with Gasteiger partial charge in [-0.15, -0.1) is 11.3 Å². The third-order valence-corrected chi connectivity index (χ3v) is 3.96. The fraction of sp³-hybridized carbons (Fsp3) is 0.214. The Hall–Kier alpha value is -1.81. The molecule has 0 saturated carbocycles. The number of carbonyl (C=O) groups is 1. The lowest BCUT2D eigenvalue weighted by Crippen LogP contribution is -2.00. The second-order valence-electron chi connectivity index (χ2n) is 3.94. The van der Waals surface area contributed by atoms with Crippen molar-refractivity contribution in [1.82, 2.24) is 0 Å². The number of nitrogen functional groups attached to an aromatic ring is 1. The molecule has 3 nitrogen and oxygen atoms in total. The summed E-state index contributed by atoms with van der Waals surface area (Å²) in [5.41, 5.74) is 8.65. The average molecular weight is 261 g/mol. The van der Waals surface area contributed by atoms with E-state index in [2.05, 4.69) is 19.1 Å². The molecule has 0 fully saturated rings. The first kappa shape index (κ1) is 12.6. The molecule has 0 unspecified atom stereocenters. The number of nitrogens with two attached hydrogens (primary N) is 1. The zero-order valence-electron chi connectivity index (χ0n) is 10.4. The third kappa shape index (κ3) is 2.38. The Morgan fingerprint density at radius 2 is 2.00 bits per heavy atom. The summed E-state index contributed by atoms with van der Waals surface area (Å²) in [5, 5.41) is 0. The van der Waals surface area contributed by atoms with Crippen molar-refractivity contribution in [3.05, 3.63) is 40.8 Å². The minimum absolute atomic E-state index is 0.381. The van der Waals surface area contributed by atoms with Crippen LogP contribution in [0.15, 0.2) is 30.3 Å². The molecule has 0 radical (unpaired) electrons. The highest BCUT2D eigenvalue weighted by Crippen LogP contribution is 2.33. The van der Waals surface area contributed by atoms with Crippen molar-refractivity contribution in [1.29, 1.82) is 0 Å².